The maximum atomic E-state index is 14.1. The number of anilines is 1. The summed E-state index contributed by atoms with van der Waals surface area (Å²) >= 11 is 6.14. The molecule has 2 aromatic rings. The highest BCUT2D eigenvalue weighted by molar-refractivity contribution is 7.86. The van der Waals surface area contributed by atoms with Crippen molar-refractivity contribution >= 4 is 34.2 Å². The molecular weight excluding hydrogens is 471 g/mol. The highest BCUT2D eigenvalue weighted by atomic mass is 35.5. The van der Waals surface area contributed by atoms with Crippen molar-refractivity contribution in [2.45, 2.75) is 51.1 Å². The molecule has 4 rings (SSSR count). The summed E-state index contributed by atoms with van der Waals surface area (Å²) in [7, 11) is -1.32. The Morgan fingerprint density at radius 1 is 1.21 bits per heavy atom. The number of carbonyl (C=O) groups excluding carboxylic acids is 1. The summed E-state index contributed by atoms with van der Waals surface area (Å²) < 4.78 is 28.9. The average molecular weight is 503 g/mol. The van der Waals surface area contributed by atoms with Crippen LogP contribution < -0.4 is 4.31 Å². The minimum absolute atomic E-state index is 0.0687. The molecule has 2 aromatic carbocycles. The lowest BCUT2D eigenvalue weighted by molar-refractivity contribution is -0.145. The van der Waals surface area contributed by atoms with Gasteiger partial charge in [-0.2, -0.15) is 0 Å². The lowest BCUT2D eigenvalue weighted by Gasteiger charge is -2.45. The first-order valence-electron chi connectivity index (χ1n) is 12.0. The number of halogens is 2. The van der Waals surface area contributed by atoms with Gasteiger partial charge in [-0.1, -0.05) is 42.8 Å². The number of rotatable bonds is 10. The van der Waals surface area contributed by atoms with Crippen LogP contribution in [0.25, 0.3) is 0 Å². The standard InChI is InChI=1S/C27H32ClFN2O2S/c1-3-6-21-13-16-25(19-11-14-22(28)15-12-19)31(27(21)32)26(20-9-10-20)18-30(34(33)4-2)24-8-5-7-23(29)17-24/h3,5,7-8,11-12,14-15,17,20-21,25-26H,1,4,6,9-10,13,16,18H2,2H3/t21-,25-,26?,34?/m0/s1. The van der Waals surface area contributed by atoms with Crippen molar-refractivity contribution in [2.24, 2.45) is 11.8 Å². The van der Waals surface area contributed by atoms with Crippen LogP contribution in [0.4, 0.5) is 10.1 Å². The van der Waals surface area contributed by atoms with Gasteiger partial charge in [0.15, 0.2) is 0 Å². The van der Waals surface area contributed by atoms with Crippen LogP contribution in [0, 0.1) is 17.7 Å². The Labute approximate surface area is 209 Å². The zero-order chi connectivity index (χ0) is 24.2. The number of allylic oxidation sites excluding steroid dienone is 1. The van der Waals surface area contributed by atoms with Crippen LogP contribution in [0.15, 0.2) is 61.2 Å². The number of benzene rings is 2. The molecular formula is C27H32ClFN2O2S. The summed E-state index contributed by atoms with van der Waals surface area (Å²) in [5.74, 6) is 0.427. The molecule has 2 aliphatic rings. The Kier molecular flexibility index (Phi) is 8.10. The van der Waals surface area contributed by atoms with Gasteiger partial charge >= 0.3 is 0 Å². The third-order valence-electron chi connectivity index (χ3n) is 6.90. The van der Waals surface area contributed by atoms with E-state index in [0.29, 0.717) is 35.3 Å². The predicted octanol–water partition coefficient (Wildman–Crippen LogP) is 6.30. The minimum atomic E-state index is -1.32. The topological polar surface area (TPSA) is 40.6 Å². The fraction of sp³-hybridized carbons (Fsp3) is 0.444. The number of hydrogen-bond acceptors (Lipinski definition) is 2. The quantitative estimate of drug-likeness (QED) is 0.357. The van der Waals surface area contributed by atoms with Gasteiger partial charge in [0.1, 0.15) is 16.8 Å². The molecule has 1 heterocycles. The molecule has 0 bridgehead atoms. The molecule has 34 heavy (non-hydrogen) atoms. The molecule has 1 aliphatic carbocycles. The predicted molar refractivity (Wildman–Crippen MR) is 138 cm³/mol. The fourth-order valence-corrected chi connectivity index (χ4v) is 6.13. The molecule has 1 saturated carbocycles. The SMILES string of the molecule is C=CC[C@H]1CC[C@@H](c2ccc(Cl)cc2)N(C(CN(c2cccc(F)c2)S(=O)CC)C2CC2)C1=O. The first kappa shape index (κ1) is 24.9. The van der Waals surface area contributed by atoms with Crippen molar-refractivity contribution in [1.82, 2.24) is 4.90 Å². The molecule has 1 amide bonds. The Hall–Kier alpha value is -2.18. The second-order valence-corrected chi connectivity index (χ2v) is 11.3. The zero-order valence-electron chi connectivity index (χ0n) is 19.5. The smallest absolute Gasteiger partial charge is 0.226 e. The van der Waals surface area contributed by atoms with E-state index in [0.717, 1.165) is 31.2 Å². The molecule has 1 aliphatic heterocycles. The summed E-state index contributed by atoms with van der Waals surface area (Å²) in [6.45, 7) is 6.12. The molecule has 7 heteroatoms. The number of likely N-dealkylation sites (tertiary alicyclic amines) is 1. The number of amides is 1. The van der Waals surface area contributed by atoms with E-state index >= 15 is 0 Å². The number of piperidine rings is 1. The van der Waals surface area contributed by atoms with E-state index in [1.54, 1.807) is 16.4 Å². The van der Waals surface area contributed by atoms with Crippen molar-refractivity contribution in [3.63, 3.8) is 0 Å². The molecule has 4 nitrogen and oxygen atoms in total. The second kappa shape index (κ2) is 11.0. The van der Waals surface area contributed by atoms with Gasteiger partial charge in [0.05, 0.1) is 24.3 Å². The molecule has 2 unspecified atom stereocenters. The van der Waals surface area contributed by atoms with Crippen molar-refractivity contribution in [2.75, 3.05) is 16.6 Å². The van der Waals surface area contributed by atoms with E-state index in [1.165, 1.54) is 12.1 Å². The summed E-state index contributed by atoms with van der Waals surface area (Å²) in [6.07, 6.45) is 6.19. The van der Waals surface area contributed by atoms with Gasteiger partial charge in [-0.25, -0.2) is 8.60 Å². The Balaban J connectivity index is 1.72. The zero-order valence-corrected chi connectivity index (χ0v) is 21.1. The largest absolute Gasteiger partial charge is 0.330 e. The van der Waals surface area contributed by atoms with E-state index < -0.39 is 11.0 Å². The highest BCUT2D eigenvalue weighted by Crippen LogP contribution is 2.44. The lowest BCUT2D eigenvalue weighted by Crippen LogP contribution is -2.54. The van der Waals surface area contributed by atoms with Gasteiger partial charge in [0, 0.05) is 16.7 Å². The van der Waals surface area contributed by atoms with Gasteiger partial charge in [-0.15, -0.1) is 6.58 Å². The number of nitrogens with zero attached hydrogens (tertiary/aromatic N) is 2. The summed E-state index contributed by atoms with van der Waals surface area (Å²) in [5, 5.41) is 0.663. The van der Waals surface area contributed by atoms with Gasteiger partial charge in [0.2, 0.25) is 5.91 Å². The van der Waals surface area contributed by atoms with Crippen LogP contribution in [-0.4, -0.2) is 33.4 Å². The van der Waals surface area contributed by atoms with Gasteiger partial charge in [-0.3, -0.25) is 9.10 Å². The van der Waals surface area contributed by atoms with Gasteiger partial charge in [0.25, 0.3) is 0 Å². The van der Waals surface area contributed by atoms with Crippen LogP contribution >= 0.6 is 11.6 Å². The first-order chi connectivity index (χ1) is 16.4. The molecule has 2 fully saturated rings. The van der Waals surface area contributed by atoms with Crippen LogP contribution in [0.2, 0.25) is 5.02 Å². The van der Waals surface area contributed by atoms with Crippen LogP contribution in [0.3, 0.4) is 0 Å². The molecule has 1 saturated heterocycles. The van der Waals surface area contributed by atoms with Crippen LogP contribution in [0.1, 0.15) is 50.6 Å². The van der Waals surface area contributed by atoms with Gasteiger partial charge < -0.3 is 4.90 Å². The highest BCUT2D eigenvalue weighted by Gasteiger charge is 2.46. The number of hydrogen-bond donors (Lipinski definition) is 0. The molecule has 0 N–H and O–H groups in total. The normalized spacial score (nSPS) is 22.3. The molecule has 4 atom stereocenters. The first-order valence-corrected chi connectivity index (χ1v) is 13.7. The van der Waals surface area contributed by atoms with E-state index in [1.807, 2.05) is 37.3 Å². The van der Waals surface area contributed by atoms with E-state index in [4.69, 9.17) is 11.6 Å². The van der Waals surface area contributed by atoms with Crippen LogP contribution in [-0.2, 0) is 15.8 Å². The average Bonchev–Trinajstić information content (AvgIpc) is 3.67. The summed E-state index contributed by atoms with van der Waals surface area (Å²) in [6, 6.07) is 13.8. The molecule has 0 aromatic heterocycles. The summed E-state index contributed by atoms with van der Waals surface area (Å²) in [4.78, 5) is 15.9. The maximum Gasteiger partial charge on any atom is 0.226 e. The van der Waals surface area contributed by atoms with Crippen molar-refractivity contribution in [3.05, 3.63) is 77.6 Å². The van der Waals surface area contributed by atoms with Crippen molar-refractivity contribution in [1.29, 1.82) is 0 Å². The third-order valence-corrected chi connectivity index (χ3v) is 8.50. The summed E-state index contributed by atoms with van der Waals surface area (Å²) in [5.41, 5.74) is 1.65. The fourth-order valence-electron chi connectivity index (χ4n) is 5.02. The van der Waals surface area contributed by atoms with E-state index in [-0.39, 0.29) is 29.7 Å². The van der Waals surface area contributed by atoms with E-state index in [2.05, 4.69) is 11.5 Å². The lowest BCUT2D eigenvalue weighted by atomic mass is 9.84. The molecule has 0 radical (unpaired) electrons. The minimum Gasteiger partial charge on any atom is -0.330 e. The Morgan fingerprint density at radius 2 is 1.94 bits per heavy atom. The van der Waals surface area contributed by atoms with Crippen LogP contribution in [0.5, 0.6) is 0 Å². The monoisotopic (exact) mass is 502 g/mol. The second-order valence-electron chi connectivity index (χ2n) is 9.17. The van der Waals surface area contributed by atoms with E-state index in [9.17, 15) is 13.4 Å². The molecule has 0 spiro atoms. The Bertz CT molecular complexity index is 1040. The third kappa shape index (κ3) is 5.55. The molecule has 182 valence electrons. The van der Waals surface area contributed by atoms with Crippen molar-refractivity contribution in [3.8, 4) is 0 Å². The van der Waals surface area contributed by atoms with Crippen molar-refractivity contribution < 1.29 is 13.4 Å². The Morgan fingerprint density at radius 3 is 2.56 bits per heavy atom. The number of carbonyl (C=O) groups is 1. The maximum absolute atomic E-state index is 14.1. The van der Waals surface area contributed by atoms with Gasteiger partial charge in [-0.05, 0) is 73.9 Å².